The zero-order chi connectivity index (χ0) is 12.9. The van der Waals surface area contributed by atoms with Crippen molar-refractivity contribution in [3.05, 3.63) is 0 Å². The van der Waals surface area contributed by atoms with E-state index in [4.69, 9.17) is 0 Å². The predicted molar refractivity (Wildman–Crippen MR) is 71.4 cm³/mol. The Hall–Kier alpha value is -0.130. The molecule has 3 atom stereocenters. The minimum atomic E-state index is -3.03. The lowest BCUT2D eigenvalue weighted by Crippen LogP contribution is -2.40. The minimum Gasteiger partial charge on any atom is -0.314 e. The van der Waals surface area contributed by atoms with E-state index < -0.39 is 10.0 Å². The standard InChI is InChI=1S/C12H26N2O2S/c1-10-5-6-11(2)12(9-10)13-7-4-8-14-17(3,15)16/h10-14H,4-9H2,1-3H3. The molecule has 0 heterocycles. The van der Waals surface area contributed by atoms with Crippen LogP contribution in [0.3, 0.4) is 0 Å². The van der Waals surface area contributed by atoms with E-state index in [-0.39, 0.29) is 0 Å². The van der Waals surface area contributed by atoms with Crippen LogP contribution in [0.15, 0.2) is 0 Å². The Balaban J connectivity index is 2.13. The van der Waals surface area contributed by atoms with Crippen LogP contribution in [0.5, 0.6) is 0 Å². The Kier molecular flexibility index (Phi) is 5.89. The van der Waals surface area contributed by atoms with Gasteiger partial charge in [0.2, 0.25) is 10.0 Å². The lowest BCUT2D eigenvalue weighted by atomic mass is 9.80. The molecular formula is C12H26N2O2S. The zero-order valence-electron chi connectivity index (χ0n) is 11.2. The van der Waals surface area contributed by atoms with Crippen LogP contribution in [0.25, 0.3) is 0 Å². The first-order valence-electron chi connectivity index (χ1n) is 6.56. The van der Waals surface area contributed by atoms with Gasteiger partial charge in [-0.2, -0.15) is 0 Å². The van der Waals surface area contributed by atoms with Crippen molar-refractivity contribution in [2.24, 2.45) is 11.8 Å². The summed E-state index contributed by atoms with van der Waals surface area (Å²) in [7, 11) is -3.03. The van der Waals surface area contributed by atoms with Gasteiger partial charge in [-0.3, -0.25) is 0 Å². The number of nitrogens with one attached hydrogen (secondary N) is 2. The molecule has 5 heteroatoms. The Morgan fingerprint density at radius 2 is 1.88 bits per heavy atom. The van der Waals surface area contributed by atoms with E-state index in [1.165, 1.54) is 25.5 Å². The second kappa shape index (κ2) is 6.71. The van der Waals surface area contributed by atoms with Gasteiger partial charge in [0.05, 0.1) is 6.26 Å². The Bertz CT molecular complexity index is 316. The van der Waals surface area contributed by atoms with Gasteiger partial charge >= 0.3 is 0 Å². The quantitative estimate of drug-likeness (QED) is 0.710. The molecule has 1 aliphatic carbocycles. The molecule has 102 valence electrons. The fourth-order valence-electron chi connectivity index (χ4n) is 2.45. The van der Waals surface area contributed by atoms with Crippen molar-refractivity contribution >= 4 is 10.0 Å². The van der Waals surface area contributed by atoms with Crippen LogP contribution in [-0.4, -0.2) is 33.8 Å². The molecule has 0 aliphatic heterocycles. The van der Waals surface area contributed by atoms with Gasteiger partial charge in [-0.15, -0.1) is 0 Å². The topological polar surface area (TPSA) is 58.2 Å². The van der Waals surface area contributed by atoms with E-state index in [1.54, 1.807) is 0 Å². The summed E-state index contributed by atoms with van der Waals surface area (Å²) in [6.07, 6.45) is 5.95. The molecule has 0 aromatic carbocycles. The number of sulfonamides is 1. The molecule has 4 nitrogen and oxygen atoms in total. The molecule has 0 radical (unpaired) electrons. The molecule has 17 heavy (non-hydrogen) atoms. The first-order chi connectivity index (χ1) is 7.88. The van der Waals surface area contributed by atoms with Crippen LogP contribution in [0.4, 0.5) is 0 Å². The van der Waals surface area contributed by atoms with Crippen molar-refractivity contribution < 1.29 is 8.42 Å². The highest BCUT2D eigenvalue weighted by Gasteiger charge is 2.24. The van der Waals surface area contributed by atoms with E-state index in [0.717, 1.165) is 24.8 Å². The maximum absolute atomic E-state index is 10.9. The lowest BCUT2D eigenvalue weighted by molar-refractivity contribution is 0.229. The third kappa shape index (κ3) is 6.38. The molecule has 1 aliphatic rings. The first-order valence-corrected chi connectivity index (χ1v) is 8.45. The number of rotatable bonds is 6. The molecule has 0 bridgehead atoms. The molecule has 1 saturated carbocycles. The van der Waals surface area contributed by atoms with Crippen LogP contribution in [0.2, 0.25) is 0 Å². The fraction of sp³-hybridized carbons (Fsp3) is 1.00. The van der Waals surface area contributed by atoms with Crippen molar-refractivity contribution in [3.63, 3.8) is 0 Å². The smallest absolute Gasteiger partial charge is 0.208 e. The van der Waals surface area contributed by atoms with E-state index in [2.05, 4.69) is 23.9 Å². The monoisotopic (exact) mass is 262 g/mol. The fourth-order valence-corrected chi connectivity index (χ4v) is 2.97. The molecule has 0 aromatic heterocycles. The first kappa shape index (κ1) is 14.9. The van der Waals surface area contributed by atoms with Crippen LogP contribution >= 0.6 is 0 Å². The molecule has 0 spiro atoms. The van der Waals surface area contributed by atoms with Gasteiger partial charge < -0.3 is 5.32 Å². The van der Waals surface area contributed by atoms with Crippen LogP contribution in [0.1, 0.15) is 39.5 Å². The Morgan fingerprint density at radius 1 is 1.18 bits per heavy atom. The summed E-state index contributed by atoms with van der Waals surface area (Å²) in [5.74, 6) is 1.56. The number of hydrogen-bond acceptors (Lipinski definition) is 3. The Labute approximate surface area is 106 Å². The highest BCUT2D eigenvalue weighted by molar-refractivity contribution is 7.88. The van der Waals surface area contributed by atoms with Crippen LogP contribution < -0.4 is 10.0 Å². The van der Waals surface area contributed by atoms with E-state index in [9.17, 15) is 8.42 Å². The minimum absolute atomic E-state index is 0.530. The van der Waals surface area contributed by atoms with Gasteiger partial charge in [-0.1, -0.05) is 20.3 Å². The molecule has 0 saturated heterocycles. The summed E-state index contributed by atoms with van der Waals surface area (Å²) in [6.45, 7) is 6.04. The summed E-state index contributed by atoms with van der Waals surface area (Å²) in [5.41, 5.74) is 0. The van der Waals surface area contributed by atoms with Gasteiger partial charge in [0.1, 0.15) is 0 Å². The second-order valence-electron chi connectivity index (χ2n) is 5.48. The molecule has 3 unspecified atom stereocenters. The second-order valence-corrected chi connectivity index (χ2v) is 7.31. The maximum Gasteiger partial charge on any atom is 0.208 e. The largest absolute Gasteiger partial charge is 0.314 e. The van der Waals surface area contributed by atoms with Gasteiger partial charge in [-0.05, 0) is 37.6 Å². The van der Waals surface area contributed by atoms with Crippen LogP contribution in [-0.2, 0) is 10.0 Å². The normalized spacial score (nSPS) is 30.4. The van der Waals surface area contributed by atoms with Crippen molar-refractivity contribution in [3.8, 4) is 0 Å². The third-order valence-corrected chi connectivity index (χ3v) is 4.31. The highest BCUT2D eigenvalue weighted by Crippen LogP contribution is 2.28. The number of hydrogen-bond donors (Lipinski definition) is 2. The highest BCUT2D eigenvalue weighted by atomic mass is 32.2. The lowest BCUT2D eigenvalue weighted by Gasteiger charge is -2.33. The molecule has 1 fully saturated rings. The van der Waals surface area contributed by atoms with Crippen molar-refractivity contribution in [1.82, 2.24) is 10.0 Å². The summed E-state index contributed by atoms with van der Waals surface area (Å²) in [4.78, 5) is 0. The maximum atomic E-state index is 10.9. The van der Waals surface area contributed by atoms with Gasteiger partial charge in [0, 0.05) is 12.6 Å². The van der Waals surface area contributed by atoms with Gasteiger partial charge in [0.25, 0.3) is 0 Å². The summed E-state index contributed by atoms with van der Waals surface area (Å²) in [6, 6.07) is 0.608. The van der Waals surface area contributed by atoms with Crippen molar-refractivity contribution in [2.45, 2.75) is 45.6 Å². The van der Waals surface area contributed by atoms with Gasteiger partial charge in [-0.25, -0.2) is 13.1 Å². The molecule has 2 N–H and O–H groups in total. The third-order valence-electron chi connectivity index (χ3n) is 3.58. The van der Waals surface area contributed by atoms with Crippen LogP contribution in [0, 0.1) is 11.8 Å². The summed E-state index contributed by atoms with van der Waals surface area (Å²) < 4.78 is 24.2. The summed E-state index contributed by atoms with van der Waals surface area (Å²) >= 11 is 0. The van der Waals surface area contributed by atoms with Gasteiger partial charge in [0.15, 0.2) is 0 Å². The molecule has 0 amide bonds. The van der Waals surface area contributed by atoms with Crippen molar-refractivity contribution in [2.75, 3.05) is 19.3 Å². The zero-order valence-corrected chi connectivity index (χ0v) is 12.0. The van der Waals surface area contributed by atoms with E-state index in [0.29, 0.717) is 12.6 Å². The molecule has 0 aromatic rings. The van der Waals surface area contributed by atoms with E-state index >= 15 is 0 Å². The Morgan fingerprint density at radius 3 is 2.53 bits per heavy atom. The SMILES string of the molecule is CC1CCC(C)C(NCCCNS(C)(=O)=O)C1. The average molecular weight is 262 g/mol. The average Bonchev–Trinajstić information content (AvgIpc) is 2.21. The van der Waals surface area contributed by atoms with E-state index in [1.807, 2.05) is 0 Å². The van der Waals surface area contributed by atoms with Crippen molar-refractivity contribution in [1.29, 1.82) is 0 Å². The predicted octanol–water partition coefficient (Wildman–Crippen LogP) is 1.34. The molecular weight excluding hydrogens is 236 g/mol. The molecule has 1 rings (SSSR count). The summed E-state index contributed by atoms with van der Waals surface area (Å²) in [5, 5.41) is 3.55.